The van der Waals surface area contributed by atoms with Crippen LogP contribution < -0.4 is 5.32 Å². The molecule has 1 aromatic rings. The third-order valence-electron chi connectivity index (χ3n) is 6.95. The molecule has 1 N–H and O–H groups in total. The molecule has 0 aromatic heterocycles. The van der Waals surface area contributed by atoms with E-state index in [2.05, 4.69) is 10.2 Å². The zero-order chi connectivity index (χ0) is 20.1. The van der Waals surface area contributed by atoms with E-state index in [1.54, 1.807) is 0 Å². The number of benzene rings is 1. The number of nitrogens with zero attached hydrogens (tertiary/aromatic N) is 2. The number of morpholine rings is 1. The molecule has 1 saturated carbocycles. The lowest BCUT2D eigenvalue weighted by atomic mass is 9.67. The maximum absolute atomic E-state index is 13.2. The van der Waals surface area contributed by atoms with Crippen LogP contribution in [0.2, 0.25) is 0 Å². The Morgan fingerprint density at radius 3 is 2.52 bits per heavy atom. The zero-order valence-electron chi connectivity index (χ0n) is 17.3. The van der Waals surface area contributed by atoms with Crippen LogP contribution >= 0.6 is 0 Å². The summed E-state index contributed by atoms with van der Waals surface area (Å²) in [6.07, 6.45) is 5.65. The van der Waals surface area contributed by atoms with Crippen molar-refractivity contribution in [3.63, 3.8) is 0 Å². The first-order chi connectivity index (χ1) is 14.2. The Morgan fingerprint density at radius 1 is 1.07 bits per heavy atom. The highest BCUT2D eigenvalue weighted by Gasteiger charge is 2.51. The number of hydrogen-bond acceptors (Lipinski definition) is 4. The van der Waals surface area contributed by atoms with E-state index in [-0.39, 0.29) is 23.1 Å². The molecule has 3 aliphatic rings. The third-order valence-corrected chi connectivity index (χ3v) is 6.95. The van der Waals surface area contributed by atoms with Crippen molar-refractivity contribution in [2.75, 3.05) is 52.5 Å². The normalized spacial score (nSPS) is 24.6. The number of carbonyl (C=O) groups excluding carboxylic acids is 2. The number of rotatable bonds is 5. The third kappa shape index (κ3) is 4.64. The van der Waals surface area contributed by atoms with E-state index in [4.69, 9.17) is 4.74 Å². The summed E-state index contributed by atoms with van der Waals surface area (Å²) in [6, 6.07) is 9.45. The van der Waals surface area contributed by atoms with Gasteiger partial charge in [0.05, 0.1) is 19.1 Å². The highest BCUT2D eigenvalue weighted by atomic mass is 16.5. The summed E-state index contributed by atoms with van der Waals surface area (Å²) in [4.78, 5) is 30.5. The Labute approximate surface area is 173 Å². The lowest BCUT2D eigenvalue weighted by Crippen LogP contribution is -2.46. The second-order valence-corrected chi connectivity index (χ2v) is 8.77. The Morgan fingerprint density at radius 2 is 1.79 bits per heavy atom. The van der Waals surface area contributed by atoms with E-state index in [0.29, 0.717) is 25.2 Å². The van der Waals surface area contributed by atoms with Crippen molar-refractivity contribution in [1.29, 1.82) is 0 Å². The van der Waals surface area contributed by atoms with E-state index < -0.39 is 0 Å². The predicted octanol–water partition coefficient (Wildman–Crippen LogP) is 2.16. The standard InChI is InChI=1S/C23H33N3O3/c27-21(24-11-12-25-13-15-29-16-14-25)20-17-26(18-23(20)9-5-2-6-10-23)22(28)19-7-3-1-4-8-19/h1,3-4,7-8,20H,2,5-6,9-18H2,(H,24,27)/t20-/m1/s1. The van der Waals surface area contributed by atoms with Gasteiger partial charge in [0.25, 0.3) is 5.91 Å². The van der Waals surface area contributed by atoms with Gasteiger partial charge in [-0.05, 0) is 25.0 Å². The quantitative estimate of drug-likeness (QED) is 0.824. The molecule has 2 amide bonds. The minimum absolute atomic E-state index is 0.0499. The molecule has 0 radical (unpaired) electrons. The molecule has 0 unspecified atom stereocenters. The molecule has 1 atom stereocenters. The summed E-state index contributed by atoms with van der Waals surface area (Å²) in [6.45, 7) is 6.19. The second-order valence-electron chi connectivity index (χ2n) is 8.77. The fourth-order valence-electron chi connectivity index (χ4n) is 5.30. The number of hydrogen-bond donors (Lipinski definition) is 1. The maximum atomic E-state index is 13.2. The van der Waals surface area contributed by atoms with Crippen LogP contribution in [0.25, 0.3) is 0 Å². The molecular weight excluding hydrogens is 366 g/mol. The van der Waals surface area contributed by atoms with Gasteiger partial charge in [0, 0.05) is 50.2 Å². The van der Waals surface area contributed by atoms with Crippen LogP contribution in [0.1, 0.15) is 42.5 Å². The zero-order valence-corrected chi connectivity index (χ0v) is 17.3. The van der Waals surface area contributed by atoms with Gasteiger partial charge in [-0.25, -0.2) is 0 Å². The van der Waals surface area contributed by atoms with Gasteiger partial charge in [0.1, 0.15) is 0 Å². The van der Waals surface area contributed by atoms with Gasteiger partial charge in [-0.2, -0.15) is 0 Å². The minimum Gasteiger partial charge on any atom is -0.379 e. The molecule has 4 rings (SSSR count). The Balaban J connectivity index is 1.40. The summed E-state index contributed by atoms with van der Waals surface area (Å²) in [5.41, 5.74) is 0.665. The van der Waals surface area contributed by atoms with Crippen LogP contribution in [0.15, 0.2) is 30.3 Å². The summed E-state index contributed by atoms with van der Waals surface area (Å²) < 4.78 is 5.39. The fourth-order valence-corrected chi connectivity index (χ4v) is 5.30. The lowest BCUT2D eigenvalue weighted by molar-refractivity contribution is -0.128. The summed E-state index contributed by atoms with van der Waals surface area (Å²) in [5, 5.41) is 3.18. The molecule has 2 saturated heterocycles. The first kappa shape index (κ1) is 20.4. The fraction of sp³-hybridized carbons (Fsp3) is 0.652. The predicted molar refractivity (Wildman–Crippen MR) is 112 cm³/mol. The van der Waals surface area contributed by atoms with Gasteiger partial charge >= 0.3 is 0 Å². The molecule has 1 spiro atoms. The number of likely N-dealkylation sites (tertiary alicyclic amines) is 1. The van der Waals surface area contributed by atoms with Crippen LogP contribution in [0.4, 0.5) is 0 Å². The SMILES string of the molecule is O=C(NCCN1CCOCC1)[C@H]1CN(C(=O)c2ccccc2)CC12CCCCC2. The van der Waals surface area contributed by atoms with Crippen LogP contribution in [0.3, 0.4) is 0 Å². The molecule has 1 aliphatic carbocycles. The number of carbonyl (C=O) groups is 2. The van der Waals surface area contributed by atoms with Crippen LogP contribution in [-0.2, 0) is 9.53 Å². The molecule has 29 heavy (non-hydrogen) atoms. The summed E-state index contributed by atoms with van der Waals surface area (Å²) in [5.74, 6) is 0.0860. The molecular formula is C23H33N3O3. The van der Waals surface area contributed by atoms with Crippen molar-refractivity contribution >= 4 is 11.8 Å². The van der Waals surface area contributed by atoms with E-state index in [1.165, 1.54) is 6.42 Å². The molecule has 6 heteroatoms. The molecule has 158 valence electrons. The van der Waals surface area contributed by atoms with Gasteiger partial charge in [0.2, 0.25) is 5.91 Å². The van der Waals surface area contributed by atoms with Crippen molar-refractivity contribution < 1.29 is 14.3 Å². The Kier molecular flexibility index (Phi) is 6.50. The van der Waals surface area contributed by atoms with Crippen molar-refractivity contribution in [2.24, 2.45) is 11.3 Å². The number of amides is 2. The lowest BCUT2D eigenvalue weighted by Gasteiger charge is -2.37. The van der Waals surface area contributed by atoms with E-state index in [9.17, 15) is 9.59 Å². The van der Waals surface area contributed by atoms with Gasteiger partial charge in [-0.3, -0.25) is 14.5 Å². The number of ether oxygens (including phenoxy) is 1. The molecule has 0 bridgehead atoms. The van der Waals surface area contributed by atoms with Gasteiger partial charge in [0.15, 0.2) is 0 Å². The smallest absolute Gasteiger partial charge is 0.253 e. The van der Waals surface area contributed by atoms with Crippen LogP contribution in [0.5, 0.6) is 0 Å². The highest BCUT2D eigenvalue weighted by molar-refractivity contribution is 5.95. The number of nitrogens with one attached hydrogen (secondary N) is 1. The van der Waals surface area contributed by atoms with Crippen LogP contribution in [-0.4, -0.2) is 74.1 Å². The highest BCUT2D eigenvalue weighted by Crippen LogP contribution is 2.47. The van der Waals surface area contributed by atoms with Crippen molar-refractivity contribution in [3.05, 3.63) is 35.9 Å². The summed E-state index contributed by atoms with van der Waals surface area (Å²) in [7, 11) is 0. The van der Waals surface area contributed by atoms with Crippen LogP contribution in [0, 0.1) is 11.3 Å². The minimum atomic E-state index is -0.0971. The van der Waals surface area contributed by atoms with E-state index >= 15 is 0 Å². The first-order valence-corrected chi connectivity index (χ1v) is 11.1. The molecule has 2 aliphatic heterocycles. The van der Waals surface area contributed by atoms with Crippen molar-refractivity contribution in [3.8, 4) is 0 Å². The topological polar surface area (TPSA) is 61.9 Å². The Bertz CT molecular complexity index is 697. The van der Waals surface area contributed by atoms with Gasteiger partial charge in [-0.15, -0.1) is 0 Å². The first-order valence-electron chi connectivity index (χ1n) is 11.1. The average molecular weight is 400 g/mol. The van der Waals surface area contributed by atoms with Crippen molar-refractivity contribution in [1.82, 2.24) is 15.1 Å². The van der Waals surface area contributed by atoms with Gasteiger partial charge in [-0.1, -0.05) is 37.5 Å². The van der Waals surface area contributed by atoms with Crippen molar-refractivity contribution in [2.45, 2.75) is 32.1 Å². The molecule has 6 nitrogen and oxygen atoms in total. The van der Waals surface area contributed by atoms with Gasteiger partial charge < -0.3 is 15.0 Å². The monoisotopic (exact) mass is 399 g/mol. The average Bonchev–Trinajstić information content (AvgIpc) is 3.13. The largest absolute Gasteiger partial charge is 0.379 e. The maximum Gasteiger partial charge on any atom is 0.253 e. The van der Waals surface area contributed by atoms with E-state index in [0.717, 1.165) is 58.5 Å². The molecule has 3 fully saturated rings. The molecule has 1 aromatic carbocycles. The molecule has 2 heterocycles. The Hall–Kier alpha value is -1.92. The second kappa shape index (κ2) is 9.26. The summed E-state index contributed by atoms with van der Waals surface area (Å²) >= 11 is 0. The van der Waals surface area contributed by atoms with E-state index in [1.807, 2.05) is 35.2 Å².